The van der Waals surface area contributed by atoms with Gasteiger partial charge in [0.15, 0.2) is 0 Å². The van der Waals surface area contributed by atoms with Crippen LogP contribution in [0.3, 0.4) is 0 Å². The van der Waals surface area contributed by atoms with Gasteiger partial charge in [-0.15, -0.1) is 0 Å². The number of aromatic nitrogens is 3. The number of nitrogens with zero attached hydrogens (tertiary/aromatic N) is 3. The summed E-state index contributed by atoms with van der Waals surface area (Å²) in [5.74, 6) is 0. The molecule has 2 N–H and O–H groups in total. The molecule has 0 atom stereocenters. The minimum atomic E-state index is -0.163. The molecule has 0 aliphatic rings. The van der Waals surface area contributed by atoms with E-state index in [1.165, 1.54) is 0 Å². The topological polar surface area (TPSA) is 63.9 Å². The molecule has 0 fully saturated rings. The Morgan fingerprint density at radius 3 is 2.96 bits per heavy atom. The average Bonchev–Trinajstić information content (AvgIpc) is 3.17. The standard InChI is InChI=1S/C17H21N5O/c1-21-12-15(14-6-2-3-7-16(14)21)20-17(23)19-8-4-5-10-22-11-9-18-13-22/h2-3,6-7,9,11-13H,4-5,8,10H2,1H3,(H2,19,20,23). The summed E-state index contributed by atoms with van der Waals surface area (Å²) in [4.78, 5) is 16.0. The third-order valence-corrected chi connectivity index (χ3v) is 3.83. The Kier molecular flexibility index (Phi) is 4.61. The molecule has 0 radical (unpaired) electrons. The van der Waals surface area contributed by atoms with Gasteiger partial charge in [-0.2, -0.15) is 0 Å². The number of benzene rings is 1. The number of carbonyl (C=O) groups excluding carboxylic acids is 1. The van der Waals surface area contributed by atoms with Crippen LogP contribution in [0.5, 0.6) is 0 Å². The number of amides is 2. The lowest BCUT2D eigenvalue weighted by molar-refractivity contribution is 0.252. The van der Waals surface area contributed by atoms with Crippen molar-refractivity contribution in [3.63, 3.8) is 0 Å². The number of hydrogen-bond acceptors (Lipinski definition) is 2. The highest BCUT2D eigenvalue weighted by molar-refractivity contribution is 6.01. The number of imidazole rings is 1. The highest BCUT2D eigenvalue weighted by atomic mass is 16.2. The summed E-state index contributed by atoms with van der Waals surface area (Å²) in [5.41, 5.74) is 1.93. The Bertz CT molecular complexity index is 775. The van der Waals surface area contributed by atoms with E-state index >= 15 is 0 Å². The number of para-hydroxylation sites is 1. The van der Waals surface area contributed by atoms with E-state index < -0.39 is 0 Å². The maximum atomic E-state index is 12.0. The number of hydrogen-bond donors (Lipinski definition) is 2. The number of carbonyl (C=O) groups is 1. The normalized spacial score (nSPS) is 10.8. The van der Waals surface area contributed by atoms with Crippen LogP contribution < -0.4 is 10.6 Å². The molecule has 120 valence electrons. The molecular formula is C17H21N5O. The molecule has 0 unspecified atom stereocenters. The highest BCUT2D eigenvalue weighted by Gasteiger charge is 2.08. The zero-order valence-corrected chi connectivity index (χ0v) is 13.2. The molecule has 0 aliphatic heterocycles. The number of unbranched alkanes of at least 4 members (excludes halogenated alkanes) is 1. The van der Waals surface area contributed by atoms with E-state index in [1.807, 2.05) is 52.8 Å². The Labute approximate surface area is 135 Å². The van der Waals surface area contributed by atoms with Crippen molar-refractivity contribution in [1.29, 1.82) is 0 Å². The van der Waals surface area contributed by atoms with Gasteiger partial charge < -0.3 is 19.8 Å². The zero-order chi connectivity index (χ0) is 16.1. The van der Waals surface area contributed by atoms with Gasteiger partial charge in [0.2, 0.25) is 0 Å². The van der Waals surface area contributed by atoms with Gasteiger partial charge >= 0.3 is 6.03 Å². The third kappa shape index (κ3) is 3.71. The van der Waals surface area contributed by atoms with E-state index in [-0.39, 0.29) is 6.03 Å². The summed E-state index contributed by atoms with van der Waals surface area (Å²) >= 11 is 0. The smallest absolute Gasteiger partial charge is 0.319 e. The number of anilines is 1. The van der Waals surface area contributed by atoms with Gasteiger partial charge in [0, 0.05) is 49.6 Å². The van der Waals surface area contributed by atoms with Crippen LogP contribution >= 0.6 is 0 Å². The summed E-state index contributed by atoms with van der Waals surface area (Å²) < 4.78 is 4.05. The number of nitrogens with one attached hydrogen (secondary N) is 2. The van der Waals surface area contributed by atoms with E-state index in [2.05, 4.69) is 15.6 Å². The van der Waals surface area contributed by atoms with Crippen LogP contribution in [0.4, 0.5) is 10.5 Å². The van der Waals surface area contributed by atoms with Crippen LogP contribution in [0.15, 0.2) is 49.2 Å². The second-order valence-electron chi connectivity index (χ2n) is 5.56. The molecule has 1 aromatic carbocycles. The Morgan fingerprint density at radius 1 is 1.26 bits per heavy atom. The molecule has 6 nitrogen and oxygen atoms in total. The first-order valence-electron chi connectivity index (χ1n) is 7.79. The fraction of sp³-hybridized carbons (Fsp3) is 0.294. The molecule has 2 heterocycles. The first-order valence-corrected chi connectivity index (χ1v) is 7.79. The summed E-state index contributed by atoms with van der Waals surface area (Å²) in [6.45, 7) is 1.58. The van der Waals surface area contributed by atoms with Crippen molar-refractivity contribution in [3.8, 4) is 0 Å². The van der Waals surface area contributed by atoms with Gasteiger partial charge in [-0.3, -0.25) is 0 Å². The molecule has 0 saturated heterocycles. The van der Waals surface area contributed by atoms with Crippen LogP contribution in [0.25, 0.3) is 10.9 Å². The fourth-order valence-corrected chi connectivity index (χ4v) is 2.65. The van der Waals surface area contributed by atoms with Crippen LogP contribution in [0, 0.1) is 0 Å². The van der Waals surface area contributed by atoms with Crippen LogP contribution in [0.2, 0.25) is 0 Å². The monoisotopic (exact) mass is 311 g/mol. The number of aryl methyl sites for hydroxylation is 2. The SMILES string of the molecule is Cn1cc(NC(=O)NCCCCn2ccnc2)c2ccccc21. The number of urea groups is 1. The maximum absolute atomic E-state index is 12.0. The quantitative estimate of drug-likeness (QED) is 0.687. The number of fused-ring (bicyclic) bond motifs is 1. The fourth-order valence-electron chi connectivity index (χ4n) is 2.65. The largest absolute Gasteiger partial charge is 0.348 e. The Hall–Kier alpha value is -2.76. The Morgan fingerprint density at radius 2 is 2.13 bits per heavy atom. The van der Waals surface area contributed by atoms with Crippen molar-refractivity contribution in [1.82, 2.24) is 19.4 Å². The van der Waals surface area contributed by atoms with Crippen molar-refractivity contribution in [2.45, 2.75) is 19.4 Å². The van der Waals surface area contributed by atoms with E-state index in [0.29, 0.717) is 6.54 Å². The summed E-state index contributed by atoms with van der Waals surface area (Å²) in [6, 6.07) is 7.85. The first kappa shape index (κ1) is 15.1. The third-order valence-electron chi connectivity index (χ3n) is 3.83. The van der Waals surface area contributed by atoms with E-state index in [0.717, 1.165) is 36.0 Å². The molecule has 3 aromatic rings. The number of rotatable bonds is 6. The van der Waals surface area contributed by atoms with Crippen molar-refractivity contribution in [3.05, 3.63) is 49.2 Å². The second-order valence-corrected chi connectivity index (χ2v) is 5.56. The molecule has 2 amide bonds. The van der Waals surface area contributed by atoms with Gasteiger partial charge in [0.05, 0.1) is 12.0 Å². The lowest BCUT2D eigenvalue weighted by atomic mass is 10.2. The lowest BCUT2D eigenvalue weighted by Gasteiger charge is -2.07. The lowest BCUT2D eigenvalue weighted by Crippen LogP contribution is -2.29. The van der Waals surface area contributed by atoms with Crippen LogP contribution in [-0.2, 0) is 13.6 Å². The van der Waals surface area contributed by atoms with Crippen LogP contribution in [0.1, 0.15) is 12.8 Å². The molecule has 0 aliphatic carbocycles. The minimum absolute atomic E-state index is 0.163. The first-order chi connectivity index (χ1) is 11.2. The molecule has 3 rings (SSSR count). The van der Waals surface area contributed by atoms with Gasteiger partial charge in [0.1, 0.15) is 0 Å². The Balaban J connectivity index is 1.45. The summed E-state index contributed by atoms with van der Waals surface area (Å²) in [6.07, 6.45) is 9.40. The van der Waals surface area contributed by atoms with Gasteiger partial charge in [-0.05, 0) is 18.9 Å². The highest BCUT2D eigenvalue weighted by Crippen LogP contribution is 2.24. The average molecular weight is 311 g/mol. The van der Waals surface area contributed by atoms with Crippen molar-refractivity contribution in [2.75, 3.05) is 11.9 Å². The molecule has 2 aromatic heterocycles. The molecule has 0 saturated carbocycles. The minimum Gasteiger partial charge on any atom is -0.348 e. The van der Waals surface area contributed by atoms with E-state index in [4.69, 9.17) is 0 Å². The maximum Gasteiger partial charge on any atom is 0.319 e. The predicted octanol–water partition coefficient (Wildman–Crippen LogP) is 2.98. The molecular weight excluding hydrogens is 290 g/mol. The van der Waals surface area contributed by atoms with Crippen LogP contribution in [-0.4, -0.2) is 26.7 Å². The van der Waals surface area contributed by atoms with Gasteiger partial charge in [-0.1, -0.05) is 18.2 Å². The molecule has 0 spiro atoms. The summed E-state index contributed by atoms with van der Waals surface area (Å²) in [7, 11) is 1.97. The van der Waals surface area contributed by atoms with Crippen molar-refractivity contribution < 1.29 is 4.79 Å². The van der Waals surface area contributed by atoms with Gasteiger partial charge in [-0.25, -0.2) is 9.78 Å². The molecule has 6 heteroatoms. The van der Waals surface area contributed by atoms with Crippen molar-refractivity contribution in [2.24, 2.45) is 7.05 Å². The van der Waals surface area contributed by atoms with E-state index in [9.17, 15) is 4.79 Å². The second kappa shape index (κ2) is 7.00. The van der Waals surface area contributed by atoms with Crippen molar-refractivity contribution >= 4 is 22.6 Å². The molecule has 0 bridgehead atoms. The summed E-state index contributed by atoms with van der Waals surface area (Å²) in [5, 5.41) is 6.87. The zero-order valence-electron chi connectivity index (χ0n) is 13.2. The van der Waals surface area contributed by atoms with E-state index in [1.54, 1.807) is 12.5 Å². The predicted molar refractivity (Wildman–Crippen MR) is 91.4 cm³/mol. The molecule has 23 heavy (non-hydrogen) atoms. The van der Waals surface area contributed by atoms with Gasteiger partial charge in [0.25, 0.3) is 0 Å².